The van der Waals surface area contributed by atoms with Crippen LogP contribution in [0.5, 0.6) is 0 Å². The first kappa shape index (κ1) is 18.9. The van der Waals surface area contributed by atoms with Crippen molar-refractivity contribution in [2.75, 3.05) is 31.5 Å². The number of likely N-dealkylation sites (tertiary alicyclic amines) is 2. The highest BCUT2D eigenvalue weighted by atomic mass is 16.2. The Balaban J connectivity index is 1.44. The van der Waals surface area contributed by atoms with Gasteiger partial charge in [0.05, 0.1) is 16.6 Å². The molecule has 3 heterocycles. The van der Waals surface area contributed by atoms with E-state index in [1.807, 2.05) is 29.2 Å². The van der Waals surface area contributed by atoms with Gasteiger partial charge in [-0.25, -0.2) is 0 Å². The highest BCUT2D eigenvalue weighted by Gasteiger charge is 2.50. The number of carbonyl (C=O) groups is 2. The van der Waals surface area contributed by atoms with Crippen molar-refractivity contribution in [1.29, 1.82) is 0 Å². The van der Waals surface area contributed by atoms with Crippen molar-refractivity contribution in [3.63, 3.8) is 0 Å². The molecule has 148 valence electrons. The highest BCUT2D eigenvalue weighted by Crippen LogP contribution is 2.41. The Morgan fingerprint density at radius 3 is 2.82 bits per heavy atom. The van der Waals surface area contributed by atoms with Gasteiger partial charge in [0.15, 0.2) is 0 Å². The van der Waals surface area contributed by atoms with Crippen molar-refractivity contribution >= 4 is 28.4 Å². The van der Waals surface area contributed by atoms with E-state index in [1.54, 1.807) is 0 Å². The topological polar surface area (TPSA) is 65.5 Å². The number of hydrogen-bond acceptors (Lipinski definition) is 4. The Morgan fingerprint density at radius 2 is 2.04 bits per heavy atom. The maximum absolute atomic E-state index is 12.9. The van der Waals surface area contributed by atoms with E-state index in [4.69, 9.17) is 4.98 Å². The Labute approximate surface area is 165 Å². The second-order valence-corrected chi connectivity index (χ2v) is 8.17. The lowest BCUT2D eigenvalue weighted by Gasteiger charge is -2.23. The van der Waals surface area contributed by atoms with Gasteiger partial charge < -0.3 is 10.2 Å². The second kappa shape index (κ2) is 7.51. The lowest BCUT2D eigenvalue weighted by molar-refractivity contribution is -0.135. The van der Waals surface area contributed by atoms with Crippen LogP contribution in [0.1, 0.15) is 38.8 Å². The molecule has 6 heteroatoms. The molecule has 1 N–H and O–H groups in total. The predicted octanol–water partition coefficient (Wildman–Crippen LogP) is 3.03. The molecule has 0 saturated carbocycles. The number of pyridine rings is 1. The zero-order valence-electron chi connectivity index (χ0n) is 16.7. The molecule has 1 unspecified atom stereocenters. The van der Waals surface area contributed by atoms with Gasteiger partial charge in [0.2, 0.25) is 11.8 Å². The van der Waals surface area contributed by atoms with Crippen molar-refractivity contribution in [3.8, 4) is 0 Å². The lowest BCUT2D eigenvalue weighted by atomic mass is 9.85. The van der Waals surface area contributed by atoms with Crippen LogP contribution >= 0.6 is 0 Å². The van der Waals surface area contributed by atoms with Gasteiger partial charge >= 0.3 is 0 Å². The Bertz CT molecular complexity index is 913. The summed E-state index contributed by atoms with van der Waals surface area (Å²) in [6.07, 6.45) is 2.97. The quantitative estimate of drug-likeness (QED) is 0.866. The molecule has 1 atom stereocenters. The Morgan fingerprint density at radius 1 is 1.21 bits per heavy atom. The van der Waals surface area contributed by atoms with Crippen molar-refractivity contribution in [1.82, 2.24) is 14.8 Å². The summed E-state index contributed by atoms with van der Waals surface area (Å²) >= 11 is 0. The summed E-state index contributed by atoms with van der Waals surface area (Å²) in [5.74, 6) is 0.277. The number of nitrogens with zero attached hydrogens (tertiary/aromatic N) is 3. The second-order valence-electron chi connectivity index (χ2n) is 8.17. The van der Waals surface area contributed by atoms with E-state index in [-0.39, 0.29) is 11.3 Å². The third-order valence-corrected chi connectivity index (χ3v) is 5.98. The fourth-order valence-corrected chi connectivity index (χ4v) is 4.61. The number of aromatic nitrogens is 1. The molecule has 2 amide bonds. The predicted molar refractivity (Wildman–Crippen MR) is 110 cm³/mol. The van der Waals surface area contributed by atoms with E-state index < -0.39 is 0 Å². The van der Waals surface area contributed by atoms with Crippen LogP contribution in [0.3, 0.4) is 0 Å². The number of carbonyl (C=O) groups excluding carboxylic acids is 2. The van der Waals surface area contributed by atoms with Crippen LogP contribution in [0.25, 0.3) is 10.9 Å². The number of hydrogen-bond donors (Lipinski definition) is 1. The van der Waals surface area contributed by atoms with E-state index in [9.17, 15) is 9.59 Å². The average Bonchev–Trinajstić information content (AvgIpc) is 3.20. The smallest absolute Gasteiger partial charge is 0.230 e. The SMILES string of the molecule is CCCN1CCC2(CCN(Cc3ccc4cc(NC(C)=O)ccc4n3)C2)C1=O. The van der Waals surface area contributed by atoms with Crippen LogP contribution < -0.4 is 5.32 Å². The molecule has 2 aliphatic heterocycles. The van der Waals surface area contributed by atoms with Crippen molar-refractivity contribution in [3.05, 3.63) is 36.0 Å². The van der Waals surface area contributed by atoms with Crippen molar-refractivity contribution < 1.29 is 9.59 Å². The molecule has 2 aliphatic rings. The molecule has 4 rings (SSSR count). The maximum Gasteiger partial charge on any atom is 0.230 e. The molecule has 0 bridgehead atoms. The molecule has 1 aromatic carbocycles. The van der Waals surface area contributed by atoms with Crippen LogP contribution in [-0.4, -0.2) is 52.8 Å². The van der Waals surface area contributed by atoms with Gasteiger partial charge in [-0.3, -0.25) is 19.5 Å². The van der Waals surface area contributed by atoms with Gasteiger partial charge in [0.25, 0.3) is 0 Å². The molecular formula is C22H28N4O2. The number of benzene rings is 1. The molecule has 0 radical (unpaired) electrons. The molecular weight excluding hydrogens is 352 g/mol. The van der Waals surface area contributed by atoms with Crippen LogP contribution in [0.2, 0.25) is 0 Å². The van der Waals surface area contributed by atoms with Crippen LogP contribution in [0, 0.1) is 5.41 Å². The standard InChI is InChI=1S/C22H28N4O2/c1-3-10-26-12-9-22(21(26)28)8-11-25(15-22)14-19-5-4-17-13-18(23-16(2)27)6-7-20(17)24-19/h4-7,13H,3,8-12,14-15H2,1-2H3,(H,23,27). The van der Waals surface area contributed by atoms with Gasteiger partial charge in [0, 0.05) is 44.2 Å². The fourth-order valence-electron chi connectivity index (χ4n) is 4.61. The van der Waals surface area contributed by atoms with Gasteiger partial charge in [-0.1, -0.05) is 13.0 Å². The molecule has 2 saturated heterocycles. The van der Waals surface area contributed by atoms with E-state index in [2.05, 4.69) is 23.2 Å². The molecule has 6 nitrogen and oxygen atoms in total. The summed E-state index contributed by atoms with van der Waals surface area (Å²) in [6, 6.07) is 9.87. The number of amides is 2. The van der Waals surface area contributed by atoms with Crippen molar-refractivity contribution in [2.24, 2.45) is 5.41 Å². The Kier molecular flexibility index (Phi) is 5.06. The summed E-state index contributed by atoms with van der Waals surface area (Å²) in [5, 5.41) is 3.81. The first-order valence-corrected chi connectivity index (χ1v) is 10.2. The largest absolute Gasteiger partial charge is 0.342 e. The van der Waals surface area contributed by atoms with Crippen LogP contribution in [-0.2, 0) is 16.1 Å². The number of nitrogens with one attached hydrogen (secondary N) is 1. The van der Waals surface area contributed by atoms with Crippen molar-refractivity contribution in [2.45, 2.75) is 39.7 Å². The number of anilines is 1. The minimum Gasteiger partial charge on any atom is -0.342 e. The summed E-state index contributed by atoms with van der Waals surface area (Å²) < 4.78 is 0. The zero-order valence-corrected chi connectivity index (χ0v) is 16.7. The van der Waals surface area contributed by atoms with Gasteiger partial charge in [-0.15, -0.1) is 0 Å². The third kappa shape index (κ3) is 3.61. The van der Waals surface area contributed by atoms with Crippen LogP contribution in [0.4, 0.5) is 5.69 Å². The molecule has 1 aromatic heterocycles. The fraction of sp³-hybridized carbons (Fsp3) is 0.500. The Hall–Kier alpha value is -2.47. The van der Waals surface area contributed by atoms with E-state index >= 15 is 0 Å². The minimum atomic E-state index is -0.167. The monoisotopic (exact) mass is 380 g/mol. The normalized spacial score (nSPS) is 22.5. The van der Waals surface area contributed by atoms with E-state index in [0.717, 1.165) is 74.3 Å². The van der Waals surface area contributed by atoms with Gasteiger partial charge in [0.1, 0.15) is 0 Å². The first-order valence-electron chi connectivity index (χ1n) is 10.2. The minimum absolute atomic E-state index is 0.0779. The maximum atomic E-state index is 12.9. The van der Waals surface area contributed by atoms with E-state index in [0.29, 0.717) is 5.91 Å². The molecule has 2 fully saturated rings. The summed E-state index contributed by atoms with van der Waals surface area (Å²) in [4.78, 5) is 33.3. The summed E-state index contributed by atoms with van der Waals surface area (Å²) in [5.41, 5.74) is 2.56. The lowest BCUT2D eigenvalue weighted by Crippen LogP contribution is -2.37. The molecule has 28 heavy (non-hydrogen) atoms. The van der Waals surface area contributed by atoms with Crippen LogP contribution in [0.15, 0.2) is 30.3 Å². The zero-order chi connectivity index (χ0) is 19.7. The molecule has 0 aliphatic carbocycles. The number of rotatable bonds is 5. The highest BCUT2D eigenvalue weighted by molar-refractivity contribution is 5.92. The summed E-state index contributed by atoms with van der Waals surface area (Å²) in [7, 11) is 0. The molecule has 2 aromatic rings. The first-order chi connectivity index (χ1) is 13.5. The third-order valence-electron chi connectivity index (χ3n) is 5.98. The van der Waals surface area contributed by atoms with Gasteiger partial charge in [-0.2, -0.15) is 0 Å². The molecule has 1 spiro atoms. The summed E-state index contributed by atoms with van der Waals surface area (Å²) in [6.45, 7) is 7.99. The average molecular weight is 380 g/mol. The number of fused-ring (bicyclic) bond motifs is 1. The van der Waals surface area contributed by atoms with E-state index in [1.165, 1.54) is 6.92 Å². The van der Waals surface area contributed by atoms with Gasteiger partial charge in [-0.05, 0) is 50.1 Å².